The van der Waals surface area contributed by atoms with Crippen LogP contribution in [-0.4, -0.2) is 47.6 Å². The Balaban J connectivity index is 1.63. The number of rotatable bonds is 3. The Morgan fingerprint density at radius 3 is 2.56 bits per heavy atom. The summed E-state index contributed by atoms with van der Waals surface area (Å²) in [5.74, 6) is 1.69. The van der Waals surface area contributed by atoms with E-state index in [0.717, 1.165) is 37.9 Å². The van der Waals surface area contributed by atoms with Gasteiger partial charge in [-0.15, -0.1) is 0 Å². The van der Waals surface area contributed by atoms with Crippen molar-refractivity contribution < 1.29 is 0 Å². The van der Waals surface area contributed by atoms with Crippen LogP contribution in [0, 0.1) is 17.2 Å². The maximum atomic E-state index is 9.04. The van der Waals surface area contributed by atoms with Crippen molar-refractivity contribution >= 4 is 5.82 Å². The van der Waals surface area contributed by atoms with Crippen molar-refractivity contribution in [3.05, 3.63) is 18.1 Å². The summed E-state index contributed by atoms with van der Waals surface area (Å²) in [6.45, 7) is 5.27. The molecule has 2 fully saturated rings. The largest absolute Gasteiger partial charge is 0.352 e. The average molecular weight is 243 g/mol. The zero-order chi connectivity index (χ0) is 12.4. The van der Waals surface area contributed by atoms with Crippen molar-refractivity contribution in [3.8, 4) is 6.07 Å². The minimum atomic E-state index is 0.438. The normalized spacial score (nSPS) is 20.7. The molecule has 1 aliphatic carbocycles. The van der Waals surface area contributed by atoms with Crippen LogP contribution in [0.5, 0.6) is 0 Å². The van der Waals surface area contributed by atoms with E-state index in [2.05, 4.69) is 25.8 Å². The summed E-state index contributed by atoms with van der Waals surface area (Å²) in [6.07, 6.45) is 6.05. The summed E-state index contributed by atoms with van der Waals surface area (Å²) in [5, 5.41) is 9.04. The van der Waals surface area contributed by atoms with E-state index in [0.29, 0.717) is 5.69 Å². The maximum absolute atomic E-state index is 9.04. The molecule has 0 spiro atoms. The van der Waals surface area contributed by atoms with E-state index in [1.807, 2.05) is 0 Å². The second kappa shape index (κ2) is 4.91. The molecule has 0 unspecified atom stereocenters. The highest BCUT2D eigenvalue weighted by Gasteiger charge is 2.27. The number of piperazine rings is 1. The van der Waals surface area contributed by atoms with Crippen LogP contribution in [0.1, 0.15) is 18.5 Å². The maximum Gasteiger partial charge on any atom is 0.183 e. The fourth-order valence-corrected chi connectivity index (χ4v) is 2.45. The van der Waals surface area contributed by atoms with Gasteiger partial charge in [0.2, 0.25) is 0 Å². The highest BCUT2D eigenvalue weighted by atomic mass is 15.3. The summed E-state index contributed by atoms with van der Waals surface area (Å²) in [7, 11) is 0. The Hall–Kier alpha value is -1.67. The van der Waals surface area contributed by atoms with Gasteiger partial charge in [0.15, 0.2) is 11.5 Å². The lowest BCUT2D eigenvalue weighted by Gasteiger charge is -2.35. The van der Waals surface area contributed by atoms with Crippen molar-refractivity contribution in [2.75, 3.05) is 37.6 Å². The number of hydrogen-bond donors (Lipinski definition) is 0. The monoisotopic (exact) mass is 243 g/mol. The van der Waals surface area contributed by atoms with Gasteiger partial charge in [-0.05, 0) is 18.8 Å². The Labute approximate surface area is 107 Å². The van der Waals surface area contributed by atoms with Crippen LogP contribution in [0.4, 0.5) is 5.82 Å². The van der Waals surface area contributed by atoms with Crippen LogP contribution in [0.2, 0.25) is 0 Å². The second-order valence-electron chi connectivity index (χ2n) is 5.07. The lowest BCUT2D eigenvalue weighted by molar-refractivity contribution is 0.247. The molecule has 0 N–H and O–H groups in total. The third-order valence-electron chi connectivity index (χ3n) is 3.67. The predicted octanol–water partition coefficient (Wildman–Crippen LogP) is 0.880. The van der Waals surface area contributed by atoms with Crippen molar-refractivity contribution in [2.45, 2.75) is 12.8 Å². The number of nitrogens with zero attached hydrogens (tertiary/aromatic N) is 5. The SMILES string of the molecule is N#Cc1nccnc1N1CCN(CC2CC2)CC1. The van der Waals surface area contributed by atoms with E-state index < -0.39 is 0 Å². The molecular weight excluding hydrogens is 226 g/mol. The molecule has 0 amide bonds. The van der Waals surface area contributed by atoms with Crippen LogP contribution in [-0.2, 0) is 0 Å². The van der Waals surface area contributed by atoms with E-state index >= 15 is 0 Å². The third kappa shape index (κ3) is 2.44. The van der Waals surface area contributed by atoms with Gasteiger partial charge in [-0.2, -0.15) is 5.26 Å². The van der Waals surface area contributed by atoms with Crippen molar-refractivity contribution in [3.63, 3.8) is 0 Å². The summed E-state index contributed by atoms with van der Waals surface area (Å²) < 4.78 is 0. The van der Waals surface area contributed by atoms with Crippen LogP contribution in [0.25, 0.3) is 0 Å². The van der Waals surface area contributed by atoms with E-state index in [1.165, 1.54) is 19.4 Å². The van der Waals surface area contributed by atoms with Gasteiger partial charge in [-0.25, -0.2) is 9.97 Å². The molecule has 2 heterocycles. The molecule has 2 aliphatic rings. The first-order valence-corrected chi connectivity index (χ1v) is 6.55. The number of aromatic nitrogens is 2. The van der Waals surface area contributed by atoms with Gasteiger partial charge in [-0.1, -0.05) is 0 Å². The molecule has 1 aliphatic heterocycles. The molecule has 5 nitrogen and oxygen atoms in total. The lowest BCUT2D eigenvalue weighted by Crippen LogP contribution is -2.47. The lowest BCUT2D eigenvalue weighted by atomic mass is 10.2. The van der Waals surface area contributed by atoms with Gasteiger partial charge >= 0.3 is 0 Å². The third-order valence-corrected chi connectivity index (χ3v) is 3.67. The minimum Gasteiger partial charge on any atom is -0.352 e. The van der Waals surface area contributed by atoms with Gasteiger partial charge in [0.05, 0.1) is 0 Å². The molecular formula is C13H17N5. The van der Waals surface area contributed by atoms with Crippen LogP contribution in [0.3, 0.4) is 0 Å². The molecule has 1 saturated heterocycles. The van der Waals surface area contributed by atoms with Crippen molar-refractivity contribution in [1.29, 1.82) is 5.26 Å². The van der Waals surface area contributed by atoms with Crippen LogP contribution in [0.15, 0.2) is 12.4 Å². The topological polar surface area (TPSA) is 56.1 Å². The minimum absolute atomic E-state index is 0.438. The molecule has 94 valence electrons. The Bertz CT molecular complexity index is 455. The molecule has 0 radical (unpaired) electrons. The first-order chi connectivity index (χ1) is 8.86. The summed E-state index contributed by atoms with van der Waals surface area (Å²) in [5.41, 5.74) is 0.438. The summed E-state index contributed by atoms with van der Waals surface area (Å²) in [6, 6.07) is 2.12. The molecule has 0 atom stereocenters. The Morgan fingerprint density at radius 1 is 1.17 bits per heavy atom. The molecule has 1 aromatic rings. The quantitative estimate of drug-likeness (QED) is 0.789. The fraction of sp³-hybridized carbons (Fsp3) is 0.615. The fourth-order valence-electron chi connectivity index (χ4n) is 2.45. The highest BCUT2D eigenvalue weighted by Crippen LogP contribution is 2.30. The number of anilines is 1. The van der Waals surface area contributed by atoms with Gasteiger partial charge in [-0.3, -0.25) is 4.90 Å². The van der Waals surface area contributed by atoms with E-state index in [1.54, 1.807) is 12.4 Å². The zero-order valence-corrected chi connectivity index (χ0v) is 10.4. The van der Waals surface area contributed by atoms with Crippen LogP contribution >= 0.6 is 0 Å². The predicted molar refractivity (Wildman–Crippen MR) is 68.1 cm³/mol. The van der Waals surface area contributed by atoms with Gasteiger partial charge in [0, 0.05) is 45.1 Å². The van der Waals surface area contributed by atoms with E-state index in [4.69, 9.17) is 5.26 Å². The van der Waals surface area contributed by atoms with Crippen molar-refractivity contribution in [2.24, 2.45) is 5.92 Å². The van der Waals surface area contributed by atoms with Gasteiger partial charge in [0.1, 0.15) is 6.07 Å². The molecule has 18 heavy (non-hydrogen) atoms. The van der Waals surface area contributed by atoms with Gasteiger partial charge in [0.25, 0.3) is 0 Å². The average Bonchev–Trinajstić information content (AvgIpc) is 3.24. The number of hydrogen-bond acceptors (Lipinski definition) is 5. The molecule has 1 aromatic heterocycles. The molecule has 1 saturated carbocycles. The Morgan fingerprint density at radius 2 is 1.89 bits per heavy atom. The van der Waals surface area contributed by atoms with Crippen molar-refractivity contribution in [1.82, 2.24) is 14.9 Å². The molecule has 3 rings (SSSR count). The highest BCUT2D eigenvalue weighted by molar-refractivity contribution is 5.49. The molecule has 5 heteroatoms. The molecule has 0 aromatic carbocycles. The van der Waals surface area contributed by atoms with E-state index in [9.17, 15) is 0 Å². The zero-order valence-electron chi connectivity index (χ0n) is 10.4. The first kappa shape index (κ1) is 11.4. The first-order valence-electron chi connectivity index (χ1n) is 6.55. The molecule has 0 bridgehead atoms. The summed E-state index contributed by atoms with van der Waals surface area (Å²) >= 11 is 0. The smallest absolute Gasteiger partial charge is 0.183 e. The Kier molecular flexibility index (Phi) is 3.11. The number of nitriles is 1. The standard InChI is InChI=1S/C13H17N5/c14-9-12-13(16-4-3-15-12)18-7-5-17(6-8-18)10-11-1-2-11/h3-4,11H,1-2,5-8,10H2. The van der Waals surface area contributed by atoms with Crippen LogP contribution < -0.4 is 4.90 Å². The second-order valence-corrected chi connectivity index (χ2v) is 5.07. The van der Waals surface area contributed by atoms with E-state index in [-0.39, 0.29) is 0 Å². The summed E-state index contributed by atoms with van der Waals surface area (Å²) in [4.78, 5) is 13.1. The van der Waals surface area contributed by atoms with Gasteiger partial charge < -0.3 is 4.90 Å².